The van der Waals surface area contributed by atoms with E-state index in [1.165, 1.54) is 19.3 Å². The summed E-state index contributed by atoms with van der Waals surface area (Å²) in [6.45, 7) is 3.05. The van der Waals surface area contributed by atoms with Crippen molar-refractivity contribution in [1.29, 1.82) is 0 Å². The molecule has 1 aliphatic rings. The number of piperidine rings is 1. The van der Waals surface area contributed by atoms with Crippen molar-refractivity contribution < 1.29 is 9.26 Å². The molecular weight excluding hydrogens is 218 g/mol. The summed E-state index contributed by atoms with van der Waals surface area (Å²) in [6.07, 6.45) is 5.71. The van der Waals surface area contributed by atoms with E-state index in [1.807, 2.05) is 6.92 Å². The average Bonchev–Trinajstić information content (AvgIpc) is 2.85. The van der Waals surface area contributed by atoms with Crippen LogP contribution < -0.4 is 5.32 Å². The molecule has 2 rings (SSSR count). The molecule has 0 aromatic carbocycles. The van der Waals surface area contributed by atoms with Gasteiger partial charge in [0.05, 0.1) is 0 Å². The van der Waals surface area contributed by atoms with Gasteiger partial charge >= 0.3 is 0 Å². The lowest BCUT2D eigenvalue weighted by Gasteiger charge is -2.22. The van der Waals surface area contributed by atoms with Crippen LogP contribution >= 0.6 is 0 Å². The number of hydrogen-bond donors (Lipinski definition) is 1. The summed E-state index contributed by atoms with van der Waals surface area (Å²) in [5, 5.41) is 7.43. The van der Waals surface area contributed by atoms with E-state index >= 15 is 0 Å². The van der Waals surface area contributed by atoms with Crippen molar-refractivity contribution >= 4 is 0 Å². The van der Waals surface area contributed by atoms with Gasteiger partial charge in [0.2, 0.25) is 5.89 Å². The van der Waals surface area contributed by atoms with Gasteiger partial charge in [-0.05, 0) is 32.7 Å². The van der Waals surface area contributed by atoms with E-state index in [0.717, 1.165) is 25.3 Å². The maximum Gasteiger partial charge on any atom is 0.226 e. The summed E-state index contributed by atoms with van der Waals surface area (Å²) in [6, 6.07) is 0.610. The van der Waals surface area contributed by atoms with Crippen molar-refractivity contribution in [1.82, 2.24) is 15.5 Å². The molecule has 0 bridgehead atoms. The van der Waals surface area contributed by atoms with Gasteiger partial charge in [0.15, 0.2) is 5.82 Å². The van der Waals surface area contributed by atoms with Crippen molar-refractivity contribution in [2.24, 2.45) is 0 Å². The first-order chi connectivity index (χ1) is 8.29. The zero-order valence-electron chi connectivity index (χ0n) is 10.6. The van der Waals surface area contributed by atoms with Gasteiger partial charge in [-0.3, -0.25) is 0 Å². The Bertz CT molecular complexity index is 334. The quantitative estimate of drug-likeness (QED) is 0.849. The Hall–Kier alpha value is -0.940. The standard InChI is InChI=1S/C12H21N3O2/c1-9(16-2)12-14-11(17-15-12)7-6-10-5-3-4-8-13-10/h9-10,13H,3-8H2,1-2H3. The van der Waals surface area contributed by atoms with Crippen LogP contribution in [0.1, 0.15) is 50.4 Å². The third-order valence-corrected chi connectivity index (χ3v) is 3.32. The third kappa shape index (κ3) is 3.51. The summed E-state index contributed by atoms with van der Waals surface area (Å²) >= 11 is 0. The van der Waals surface area contributed by atoms with E-state index in [-0.39, 0.29) is 6.10 Å². The molecule has 0 radical (unpaired) electrons. The predicted octanol–water partition coefficient (Wildman–Crippen LogP) is 1.85. The number of nitrogens with zero attached hydrogens (tertiary/aromatic N) is 2. The van der Waals surface area contributed by atoms with E-state index < -0.39 is 0 Å². The smallest absolute Gasteiger partial charge is 0.226 e. The maximum atomic E-state index is 5.21. The second-order valence-corrected chi connectivity index (χ2v) is 4.61. The van der Waals surface area contributed by atoms with Crippen LogP contribution in [0.4, 0.5) is 0 Å². The highest BCUT2D eigenvalue weighted by atomic mass is 16.5. The molecule has 0 saturated carbocycles. The van der Waals surface area contributed by atoms with Crippen molar-refractivity contribution in [2.45, 2.75) is 51.2 Å². The molecular formula is C12H21N3O2. The van der Waals surface area contributed by atoms with Crippen LogP contribution in [-0.2, 0) is 11.2 Å². The average molecular weight is 239 g/mol. The zero-order chi connectivity index (χ0) is 12.1. The summed E-state index contributed by atoms with van der Waals surface area (Å²) in [4.78, 5) is 4.33. The van der Waals surface area contributed by atoms with Crippen molar-refractivity contribution in [2.75, 3.05) is 13.7 Å². The van der Waals surface area contributed by atoms with Crippen molar-refractivity contribution in [3.05, 3.63) is 11.7 Å². The molecule has 2 unspecified atom stereocenters. The number of hydrogen-bond acceptors (Lipinski definition) is 5. The van der Waals surface area contributed by atoms with Crippen molar-refractivity contribution in [3.8, 4) is 0 Å². The lowest BCUT2D eigenvalue weighted by Crippen LogP contribution is -2.34. The molecule has 2 atom stereocenters. The van der Waals surface area contributed by atoms with Gasteiger partial charge in [-0.15, -0.1) is 0 Å². The largest absolute Gasteiger partial charge is 0.374 e. The van der Waals surface area contributed by atoms with Gasteiger partial charge in [-0.25, -0.2) is 0 Å². The molecule has 5 nitrogen and oxygen atoms in total. The number of aryl methyl sites for hydroxylation is 1. The molecule has 1 aromatic rings. The summed E-state index contributed by atoms with van der Waals surface area (Å²) in [7, 11) is 1.65. The number of methoxy groups -OCH3 is 1. The number of rotatable bonds is 5. The van der Waals surface area contributed by atoms with Crippen LogP contribution in [-0.4, -0.2) is 29.8 Å². The van der Waals surface area contributed by atoms with Crippen LogP contribution in [0.15, 0.2) is 4.52 Å². The molecule has 2 heterocycles. The molecule has 5 heteroatoms. The third-order valence-electron chi connectivity index (χ3n) is 3.32. The first-order valence-corrected chi connectivity index (χ1v) is 6.38. The number of nitrogens with one attached hydrogen (secondary N) is 1. The predicted molar refractivity (Wildman–Crippen MR) is 63.7 cm³/mol. The molecule has 0 aliphatic carbocycles. The molecule has 1 aromatic heterocycles. The molecule has 1 saturated heterocycles. The fourth-order valence-corrected chi connectivity index (χ4v) is 2.11. The lowest BCUT2D eigenvalue weighted by atomic mass is 10.0. The molecule has 0 amide bonds. The zero-order valence-corrected chi connectivity index (χ0v) is 10.6. The van der Waals surface area contributed by atoms with Gasteiger partial charge in [-0.1, -0.05) is 11.6 Å². The Morgan fingerprint density at radius 1 is 1.53 bits per heavy atom. The van der Waals surface area contributed by atoms with Crippen LogP contribution in [0.2, 0.25) is 0 Å². The molecule has 96 valence electrons. The van der Waals surface area contributed by atoms with Crippen LogP contribution in [0.5, 0.6) is 0 Å². The minimum Gasteiger partial charge on any atom is -0.374 e. The fraction of sp³-hybridized carbons (Fsp3) is 0.833. The van der Waals surface area contributed by atoms with E-state index in [1.54, 1.807) is 7.11 Å². The normalized spacial score (nSPS) is 22.6. The van der Waals surface area contributed by atoms with Gasteiger partial charge in [0.25, 0.3) is 0 Å². The highest BCUT2D eigenvalue weighted by Crippen LogP contribution is 2.15. The minimum atomic E-state index is -0.0969. The lowest BCUT2D eigenvalue weighted by molar-refractivity contribution is 0.109. The van der Waals surface area contributed by atoms with E-state index in [9.17, 15) is 0 Å². The van der Waals surface area contributed by atoms with E-state index in [0.29, 0.717) is 11.9 Å². The fourth-order valence-electron chi connectivity index (χ4n) is 2.11. The summed E-state index contributed by atoms with van der Waals surface area (Å²) in [5.41, 5.74) is 0. The maximum absolute atomic E-state index is 5.21. The molecule has 1 N–H and O–H groups in total. The molecule has 0 spiro atoms. The Kier molecular flexibility index (Phi) is 4.50. The molecule has 1 fully saturated rings. The van der Waals surface area contributed by atoms with Gasteiger partial charge in [0, 0.05) is 19.6 Å². The van der Waals surface area contributed by atoms with Crippen LogP contribution in [0, 0.1) is 0 Å². The van der Waals surface area contributed by atoms with Gasteiger partial charge in [-0.2, -0.15) is 4.98 Å². The highest BCUT2D eigenvalue weighted by Gasteiger charge is 2.16. The second-order valence-electron chi connectivity index (χ2n) is 4.61. The topological polar surface area (TPSA) is 60.2 Å². The van der Waals surface area contributed by atoms with E-state index in [4.69, 9.17) is 9.26 Å². The summed E-state index contributed by atoms with van der Waals surface area (Å²) < 4.78 is 10.4. The minimum absolute atomic E-state index is 0.0969. The molecule has 17 heavy (non-hydrogen) atoms. The second kappa shape index (κ2) is 6.12. The summed E-state index contributed by atoms with van der Waals surface area (Å²) in [5.74, 6) is 1.36. The number of aromatic nitrogens is 2. The Morgan fingerprint density at radius 2 is 2.41 bits per heavy atom. The van der Waals surface area contributed by atoms with Gasteiger partial charge < -0.3 is 14.6 Å². The van der Waals surface area contributed by atoms with Gasteiger partial charge in [0.1, 0.15) is 6.10 Å². The monoisotopic (exact) mass is 239 g/mol. The Labute approximate surface area is 102 Å². The first kappa shape index (κ1) is 12.5. The van der Waals surface area contributed by atoms with Crippen molar-refractivity contribution in [3.63, 3.8) is 0 Å². The Balaban J connectivity index is 1.80. The SMILES string of the molecule is COC(C)c1noc(CCC2CCCCN2)n1. The Morgan fingerprint density at radius 3 is 3.12 bits per heavy atom. The van der Waals surface area contributed by atoms with Crippen LogP contribution in [0.3, 0.4) is 0 Å². The van der Waals surface area contributed by atoms with E-state index in [2.05, 4.69) is 15.5 Å². The van der Waals surface area contributed by atoms with Crippen LogP contribution in [0.25, 0.3) is 0 Å². The first-order valence-electron chi connectivity index (χ1n) is 6.38. The highest BCUT2D eigenvalue weighted by molar-refractivity contribution is 4.90. The number of ether oxygens (including phenoxy) is 1. The molecule has 1 aliphatic heterocycles.